The van der Waals surface area contributed by atoms with E-state index in [1.54, 1.807) is 46.8 Å². The highest BCUT2D eigenvalue weighted by atomic mass is 32.2. The van der Waals surface area contributed by atoms with Crippen LogP contribution in [0.15, 0.2) is 89.8 Å². The van der Waals surface area contributed by atoms with Crippen molar-refractivity contribution < 1.29 is 27.9 Å². The van der Waals surface area contributed by atoms with Gasteiger partial charge in [0.05, 0.1) is 23.1 Å². The summed E-state index contributed by atoms with van der Waals surface area (Å²) >= 11 is 0. The first-order chi connectivity index (χ1) is 20.6. The first-order valence-electron chi connectivity index (χ1n) is 14.8. The van der Waals surface area contributed by atoms with Crippen LogP contribution < -0.4 is 15.4 Å². The van der Waals surface area contributed by atoms with Crippen molar-refractivity contribution in [1.82, 2.24) is 15.4 Å². The summed E-state index contributed by atoms with van der Waals surface area (Å²) in [6, 6.07) is 22.2. The molecular weight excluding hydrogens is 578 g/mol. The largest absolute Gasteiger partial charge is 0.444 e. The Morgan fingerprint density at radius 2 is 1.27 bits per heavy atom. The molecule has 238 valence electrons. The van der Waals surface area contributed by atoms with E-state index in [4.69, 9.17) is 4.74 Å². The fourth-order valence-electron chi connectivity index (χ4n) is 4.71. The Labute approximate surface area is 261 Å². The average molecular weight is 624 g/mol. The van der Waals surface area contributed by atoms with Crippen LogP contribution in [0.5, 0.6) is 0 Å². The van der Waals surface area contributed by atoms with E-state index in [2.05, 4.69) is 15.4 Å². The fraction of sp³-hybridized carbons (Fsp3) is 0.412. The first kappa shape index (κ1) is 34.8. The lowest BCUT2D eigenvalue weighted by molar-refractivity contribution is -0.125. The normalized spacial score (nSPS) is 14.7. The average Bonchev–Trinajstić information content (AvgIpc) is 2.95. The summed E-state index contributed by atoms with van der Waals surface area (Å²) in [4.78, 5) is 26.7. The van der Waals surface area contributed by atoms with Crippen molar-refractivity contribution in [3.63, 3.8) is 0 Å². The number of aryl methyl sites for hydroxylation is 1. The van der Waals surface area contributed by atoms with Crippen molar-refractivity contribution in [3.8, 4) is 0 Å². The van der Waals surface area contributed by atoms with Crippen LogP contribution in [0.25, 0.3) is 0 Å². The molecule has 3 rings (SSSR count). The number of aliphatic hydroxyl groups excluding tert-OH is 1. The molecular formula is C34H45N3O6S. The molecule has 0 radical (unpaired) electrons. The summed E-state index contributed by atoms with van der Waals surface area (Å²) in [6.07, 6.45) is -1.48. The summed E-state index contributed by atoms with van der Waals surface area (Å²) in [5.41, 5.74) is 1.85. The topological polar surface area (TPSA) is 134 Å². The van der Waals surface area contributed by atoms with E-state index in [1.165, 1.54) is 12.1 Å². The number of nitrogens with one attached hydrogen (secondary N) is 3. The number of carbonyl (C=O) groups excluding carboxylic acids is 2. The van der Waals surface area contributed by atoms with Gasteiger partial charge in [-0.05, 0) is 69.7 Å². The number of sulfonamides is 1. The monoisotopic (exact) mass is 623 g/mol. The Balaban J connectivity index is 1.92. The predicted molar refractivity (Wildman–Crippen MR) is 172 cm³/mol. The van der Waals surface area contributed by atoms with Crippen LogP contribution in [-0.2, 0) is 32.4 Å². The van der Waals surface area contributed by atoms with E-state index in [1.807, 2.05) is 67.6 Å². The number of rotatable bonds is 13. The molecule has 0 aliphatic rings. The van der Waals surface area contributed by atoms with E-state index in [-0.39, 0.29) is 17.7 Å². The molecule has 0 aromatic heterocycles. The van der Waals surface area contributed by atoms with Crippen LogP contribution in [0.1, 0.15) is 51.3 Å². The summed E-state index contributed by atoms with van der Waals surface area (Å²) in [5.74, 6) is -1.00. The summed E-state index contributed by atoms with van der Waals surface area (Å²) in [6.45, 7) is 10.6. The zero-order valence-corrected chi connectivity index (χ0v) is 27.1. The third-order valence-corrected chi connectivity index (χ3v) is 8.47. The summed E-state index contributed by atoms with van der Waals surface area (Å²) < 4.78 is 34.5. The zero-order chi connectivity index (χ0) is 32.5. The number of alkyl carbamates (subject to hydrolysis) is 1. The van der Waals surface area contributed by atoms with Crippen molar-refractivity contribution in [2.75, 3.05) is 0 Å². The number of carbonyl (C=O) groups is 2. The Morgan fingerprint density at radius 1 is 0.795 bits per heavy atom. The van der Waals surface area contributed by atoms with Crippen molar-refractivity contribution in [3.05, 3.63) is 102 Å². The number of ether oxygens (including phenoxy) is 1. The van der Waals surface area contributed by atoms with Crippen molar-refractivity contribution in [1.29, 1.82) is 0 Å². The molecule has 3 unspecified atom stereocenters. The van der Waals surface area contributed by atoms with Crippen LogP contribution in [0.2, 0.25) is 0 Å². The van der Waals surface area contributed by atoms with Gasteiger partial charge < -0.3 is 20.5 Å². The third kappa shape index (κ3) is 10.8. The maximum Gasteiger partial charge on any atom is 0.407 e. The van der Waals surface area contributed by atoms with E-state index >= 15 is 0 Å². The first-order valence-corrected chi connectivity index (χ1v) is 16.3. The van der Waals surface area contributed by atoms with Crippen LogP contribution in [0.4, 0.5) is 4.79 Å². The molecule has 2 amide bonds. The highest BCUT2D eigenvalue weighted by Gasteiger charge is 2.35. The van der Waals surface area contributed by atoms with Crippen molar-refractivity contribution in [2.24, 2.45) is 5.92 Å². The van der Waals surface area contributed by atoms with Gasteiger partial charge in [0, 0.05) is 0 Å². The van der Waals surface area contributed by atoms with Gasteiger partial charge in [-0.1, -0.05) is 92.2 Å². The van der Waals surface area contributed by atoms with Crippen LogP contribution in [0, 0.1) is 12.8 Å². The van der Waals surface area contributed by atoms with Gasteiger partial charge in [-0.3, -0.25) is 4.79 Å². The maximum absolute atomic E-state index is 13.8. The lowest BCUT2D eigenvalue weighted by atomic mass is 9.92. The SMILES string of the molecule is Cc1ccc(S(=O)(=O)N[C@H](C(=O)NC(Cc2ccccc2)C(O)C(Cc2ccccc2)NC(=O)OC(C)(C)C)C(C)C)cc1. The molecule has 4 atom stereocenters. The van der Waals surface area contributed by atoms with E-state index in [9.17, 15) is 23.1 Å². The quantitative estimate of drug-likeness (QED) is 0.221. The Kier molecular flexibility index (Phi) is 12.1. The number of hydrogen-bond acceptors (Lipinski definition) is 6. The lowest BCUT2D eigenvalue weighted by Crippen LogP contribution is -2.59. The number of aliphatic hydroxyl groups is 1. The molecule has 0 saturated heterocycles. The van der Waals surface area contributed by atoms with Crippen LogP contribution in [0.3, 0.4) is 0 Å². The Hall–Kier alpha value is -3.73. The van der Waals surface area contributed by atoms with Gasteiger partial charge in [-0.25, -0.2) is 13.2 Å². The maximum atomic E-state index is 13.8. The fourth-order valence-corrected chi connectivity index (χ4v) is 6.05. The molecule has 0 aliphatic heterocycles. The minimum absolute atomic E-state index is 0.0481. The number of amides is 2. The third-order valence-electron chi connectivity index (χ3n) is 7.01. The van der Waals surface area contributed by atoms with E-state index in [0.717, 1.165) is 16.7 Å². The van der Waals surface area contributed by atoms with Gasteiger partial charge in [-0.15, -0.1) is 0 Å². The standard InChI is InChI=1S/C34H45N3O6S/c1-23(2)30(37-44(41,42)27-19-17-24(3)18-20-27)32(39)35-28(21-25-13-9-7-10-14-25)31(38)29(22-26-15-11-8-12-16-26)36-33(40)43-34(4,5)6/h7-20,23,28-31,37-38H,21-22H2,1-6H3,(H,35,39)(H,36,40)/t28?,29?,30-,31?/m0/s1. The second-order valence-corrected chi connectivity index (χ2v) is 14.1. The Bertz CT molecular complexity index is 1460. The van der Waals surface area contributed by atoms with E-state index < -0.39 is 57.8 Å². The minimum atomic E-state index is -4.02. The molecule has 3 aromatic carbocycles. The molecule has 0 heterocycles. The van der Waals surface area contributed by atoms with Gasteiger partial charge >= 0.3 is 6.09 Å². The van der Waals surface area contributed by atoms with Crippen molar-refractivity contribution >= 4 is 22.0 Å². The van der Waals surface area contributed by atoms with Gasteiger partial charge in [0.15, 0.2) is 0 Å². The minimum Gasteiger partial charge on any atom is -0.444 e. The molecule has 10 heteroatoms. The number of hydrogen-bond donors (Lipinski definition) is 4. The molecule has 9 nitrogen and oxygen atoms in total. The van der Waals surface area contributed by atoms with Gasteiger partial charge in [0.2, 0.25) is 15.9 Å². The highest BCUT2D eigenvalue weighted by molar-refractivity contribution is 7.89. The molecule has 4 N–H and O–H groups in total. The molecule has 0 aliphatic carbocycles. The molecule has 0 bridgehead atoms. The predicted octanol–water partition coefficient (Wildman–Crippen LogP) is 4.52. The summed E-state index contributed by atoms with van der Waals surface area (Å²) in [7, 11) is -4.02. The molecule has 3 aromatic rings. The van der Waals surface area contributed by atoms with Gasteiger partial charge in [0.25, 0.3) is 0 Å². The number of benzene rings is 3. The smallest absolute Gasteiger partial charge is 0.407 e. The van der Waals surface area contributed by atoms with Gasteiger partial charge in [-0.2, -0.15) is 4.72 Å². The van der Waals surface area contributed by atoms with Crippen LogP contribution >= 0.6 is 0 Å². The molecule has 0 saturated carbocycles. The Morgan fingerprint density at radius 3 is 1.73 bits per heavy atom. The zero-order valence-electron chi connectivity index (χ0n) is 26.3. The second kappa shape index (κ2) is 15.3. The van der Waals surface area contributed by atoms with Gasteiger partial charge in [0.1, 0.15) is 11.6 Å². The lowest BCUT2D eigenvalue weighted by Gasteiger charge is -2.33. The van der Waals surface area contributed by atoms with Crippen LogP contribution in [-0.4, -0.2) is 55.4 Å². The highest BCUT2D eigenvalue weighted by Crippen LogP contribution is 2.17. The molecule has 0 spiro atoms. The van der Waals surface area contributed by atoms with Crippen molar-refractivity contribution in [2.45, 2.75) is 89.1 Å². The molecule has 0 fully saturated rings. The second-order valence-electron chi connectivity index (χ2n) is 12.4. The summed E-state index contributed by atoms with van der Waals surface area (Å²) in [5, 5.41) is 17.5. The van der Waals surface area contributed by atoms with E-state index in [0.29, 0.717) is 0 Å². The molecule has 44 heavy (non-hydrogen) atoms.